The van der Waals surface area contributed by atoms with E-state index in [1.165, 1.54) is 5.56 Å². The Hall–Kier alpha value is -1.20. The van der Waals surface area contributed by atoms with Gasteiger partial charge < -0.3 is 5.32 Å². The molecule has 0 spiro atoms. The molecule has 18 heavy (non-hydrogen) atoms. The molecule has 1 aliphatic heterocycles. The van der Waals surface area contributed by atoms with Crippen molar-refractivity contribution in [1.82, 2.24) is 20.1 Å². The number of nitrogens with one attached hydrogen (secondary N) is 1. The van der Waals surface area contributed by atoms with Gasteiger partial charge in [-0.25, -0.2) is 9.67 Å². The van der Waals surface area contributed by atoms with Crippen molar-refractivity contribution in [1.29, 1.82) is 0 Å². The maximum Gasteiger partial charge on any atom is 0.150 e. The molecule has 1 aliphatic rings. The average Bonchev–Trinajstić information content (AvgIpc) is 3.04. The lowest BCUT2D eigenvalue weighted by Gasteiger charge is -2.23. The fourth-order valence-electron chi connectivity index (χ4n) is 2.33. The molecule has 1 N–H and O–H groups in total. The molecule has 1 atom stereocenters. The van der Waals surface area contributed by atoms with E-state index in [0.29, 0.717) is 6.04 Å². The van der Waals surface area contributed by atoms with E-state index < -0.39 is 0 Å². The second-order valence-corrected chi connectivity index (χ2v) is 5.51. The highest BCUT2D eigenvalue weighted by molar-refractivity contribution is 7.07. The fraction of sp³-hybridized carbons (Fsp3) is 0.538. The van der Waals surface area contributed by atoms with Gasteiger partial charge in [0.25, 0.3) is 0 Å². The minimum atomic E-state index is 0.517. The summed E-state index contributed by atoms with van der Waals surface area (Å²) in [6.45, 7) is 4.01. The van der Waals surface area contributed by atoms with Gasteiger partial charge in [-0.3, -0.25) is 0 Å². The number of nitrogens with zero attached hydrogens (tertiary/aromatic N) is 3. The van der Waals surface area contributed by atoms with Crippen molar-refractivity contribution in [3.05, 3.63) is 34.0 Å². The van der Waals surface area contributed by atoms with Crippen LogP contribution in [0.25, 0.3) is 0 Å². The molecule has 0 saturated carbocycles. The van der Waals surface area contributed by atoms with Crippen molar-refractivity contribution in [3.8, 4) is 0 Å². The maximum absolute atomic E-state index is 4.54. The van der Waals surface area contributed by atoms with Crippen molar-refractivity contribution in [2.24, 2.45) is 0 Å². The lowest BCUT2D eigenvalue weighted by Crippen LogP contribution is -2.37. The molecule has 96 valence electrons. The minimum absolute atomic E-state index is 0.517. The average molecular weight is 262 g/mol. The van der Waals surface area contributed by atoms with Crippen molar-refractivity contribution in [2.45, 2.75) is 45.3 Å². The van der Waals surface area contributed by atoms with Gasteiger partial charge in [-0.15, -0.1) is 0 Å². The smallest absolute Gasteiger partial charge is 0.150 e. The van der Waals surface area contributed by atoms with Crippen molar-refractivity contribution >= 4 is 11.3 Å². The van der Waals surface area contributed by atoms with Crippen LogP contribution in [0.3, 0.4) is 0 Å². The summed E-state index contributed by atoms with van der Waals surface area (Å²) in [5.74, 6) is 2.13. The summed E-state index contributed by atoms with van der Waals surface area (Å²) in [7, 11) is 0. The lowest BCUT2D eigenvalue weighted by atomic mass is 10.1. The van der Waals surface area contributed by atoms with Gasteiger partial charge in [0.15, 0.2) is 5.82 Å². The molecule has 0 aliphatic carbocycles. The molecule has 0 fully saturated rings. The molecule has 1 unspecified atom stereocenters. The maximum atomic E-state index is 4.54. The Kier molecular flexibility index (Phi) is 3.43. The Morgan fingerprint density at radius 1 is 1.56 bits per heavy atom. The van der Waals surface area contributed by atoms with Crippen LogP contribution >= 0.6 is 11.3 Å². The molecule has 0 aromatic carbocycles. The monoisotopic (exact) mass is 262 g/mol. The predicted octanol–water partition coefficient (Wildman–Crippen LogP) is 2.01. The van der Waals surface area contributed by atoms with Gasteiger partial charge in [0.05, 0.1) is 6.54 Å². The van der Waals surface area contributed by atoms with Crippen LogP contribution in [0.4, 0.5) is 0 Å². The molecular weight excluding hydrogens is 244 g/mol. The number of thiophene rings is 1. The molecule has 3 heterocycles. The van der Waals surface area contributed by atoms with Gasteiger partial charge >= 0.3 is 0 Å². The van der Waals surface area contributed by atoms with Crippen molar-refractivity contribution in [3.63, 3.8) is 0 Å². The summed E-state index contributed by atoms with van der Waals surface area (Å²) in [6, 6.07) is 2.69. The van der Waals surface area contributed by atoms with Crippen LogP contribution in [0, 0.1) is 0 Å². The molecule has 0 amide bonds. The first kappa shape index (κ1) is 11.9. The van der Waals surface area contributed by atoms with Gasteiger partial charge in [0, 0.05) is 25.4 Å². The van der Waals surface area contributed by atoms with E-state index in [4.69, 9.17) is 0 Å². The Balaban J connectivity index is 1.60. The van der Waals surface area contributed by atoms with E-state index in [-0.39, 0.29) is 0 Å². The molecule has 3 rings (SSSR count). The fourth-order valence-corrected chi connectivity index (χ4v) is 3.00. The number of hydrogen-bond donors (Lipinski definition) is 1. The van der Waals surface area contributed by atoms with Crippen LogP contribution in [0.5, 0.6) is 0 Å². The summed E-state index contributed by atoms with van der Waals surface area (Å²) in [5.41, 5.74) is 1.37. The summed E-state index contributed by atoms with van der Waals surface area (Å²) in [6.07, 6.45) is 3.12. The highest BCUT2D eigenvalue weighted by Gasteiger charge is 2.20. The quantitative estimate of drug-likeness (QED) is 0.916. The topological polar surface area (TPSA) is 42.7 Å². The minimum Gasteiger partial charge on any atom is -0.308 e. The van der Waals surface area contributed by atoms with Crippen LogP contribution in [-0.2, 0) is 25.9 Å². The first-order valence-corrected chi connectivity index (χ1v) is 7.46. The Morgan fingerprint density at radius 3 is 3.28 bits per heavy atom. The molecule has 0 bridgehead atoms. The summed E-state index contributed by atoms with van der Waals surface area (Å²) < 4.78 is 2.08. The van der Waals surface area contributed by atoms with Crippen LogP contribution in [-0.4, -0.2) is 20.8 Å². The van der Waals surface area contributed by atoms with Crippen LogP contribution in [0.2, 0.25) is 0 Å². The second kappa shape index (κ2) is 5.20. The molecule has 4 nitrogen and oxygen atoms in total. The largest absolute Gasteiger partial charge is 0.308 e. The van der Waals surface area contributed by atoms with Gasteiger partial charge in [-0.2, -0.15) is 16.4 Å². The number of aromatic nitrogens is 3. The highest BCUT2D eigenvalue weighted by atomic mass is 32.1. The van der Waals surface area contributed by atoms with E-state index in [9.17, 15) is 0 Å². The predicted molar refractivity (Wildman–Crippen MR) is 72.7 cm³/mol. The number of rotatable bonds is 4. The summed E-state index contributed by atoms with van der Waals surface area (Å²) >= 11 is 1.75. The van der Waals surface area contributed by atoms with Crippen LogP contribution < -0.4 is 5.32 Å². The zero-order valence-corrected chi connectivity index (χ0v) is 11.4. The molecule has 2 aromatic rings. The molecular formula is C13H18N4S. The first-order chi connectivity index (χ1) is 8.85. The van der Waals surface area contributed by atoms with E-state index in [1.807, 2.05) is 0 Å². The second-order valence-electron chi connectivity index (χ2n) is 4.73. The van der Waals surface area contributed by atoms with Crippen molar-refractivity contribution < 1.29 is 0 Å². The van der Waals surface area contributed by atoms with Gasteiger partial charge in [0.2, 0.25) is 0 Å². The van der Waals surface area contributed by atoms with Crippen molar-refractivity contribution in [2.75, 3.05) is 0 Å². The van der Waals surface area contributed by atoms with Gasteiger partial charge in [-0.05, 0) is 28.8 Å². The molecule has 2 aromatic heterocycles. The zero-order chi connectivity index (χ0) is 12.4. The summed E-state index contributed by atoms with van der Waals surface area (Å²) in [4.78, 5) is 4.54. The SMILES string of the molecule is CCc1nc2n(n1)CC(NCc1ccsc1)CC2. The van der Waals surface area contributed by atoms with Gasteiger partial charge in [0.1, 0.15) is 5.82 Å². The Morgan fingerprint density at radius 2 is 2.50 bits per heavy atom. The van der Waals surface area contributed by atoms with Crippen LogP contribution in [0.1, 0.15) is 30.6 Å². The lowest BCUT2D eigenvalue weighted by molar-refractivity contribution is 0.357. The number of fused-ring (bicyclic) bond motifs is 1. The normalized spacial score (nSPS) is 18.8. The molecule has 0 radical (unpaired) electrons. The first-order valence-electron chi connectivity index (χ1n) is 6.52. The Bertz CT molecular complexity index is 503. The zero-order valence-electron chi connectivity index (χ0n) is 10.6. The van der Waals surface area contributed by atoms with E-state index in [1.54, 1.807) is 11.3 Å². The number of hydrogen-bond acceptors (Lipinski definition) is 4. The van der Waals surface area contributed by atoms with Crippen LogP contribution in [0.15, 0.2) is 16.8 Å². The standard InChI is InChI=1S/C13H18N4S/c1-2-12-15-13-4-3-11(8-17(13)16-12)14-7-10-5-6-18-9-10/h5-6,9,11,14H,2-4,7-8H2,1H3. The Labute approximate surface area is 111 Å². The third-order valence-electron chi connectivity index (χ3n) is 3.39. The van der Waals surface area contributed by atoms with Gasteiger partial charge in [-0.1, -0.05) is 6.92 Å². The van der Waals surface area contributed by atoms with E-state index in [0.717, 1.165) is 44.0 Å². The third-order valence-corrected chi connectivity index (χ3v) is 4.13. The third kappa shape index (κ3) is 2.47. The molecule has 0 saturated heterocycles. The summed E-state index contributed by atoms with van der Waals surface area (Å²) in [5, 5.41) is 12.5. The highest BCUT2D eigenvalue weighted by Crippen LogP contribution is 2.14. The van der Waals surface area contributed by atoms with E-state index >= 15 is 0 Å². The molecule has 5 heteroatoms. The van der Waals surface area contributed by atoms with E-state index in [2.05, 4.69) is 43.8 Å². The number of aryl methyl sites for hydroxylation is 2.